The molecule has 2 amide bonds. The standard InChI is InChI=1S/C12H14BrFN2O3/c1-16(5-4-11(17)18)12(19)15-7-8-2-3-9(14)6-10(8)13/h2-3,6H,4-5,7H2,1H3,(H,15,19)(H,17,18). The van der Waals surface area contributed by atoms with Gasteiger partial charge >= 0.3 is 12.0 Å². The van der Waals surface area contributed by atoms with Gasteiger partial charge in [0.05, 0.1) is 6.42 Å². The van der Waals surface area contributed by atoms with Gasteiger partial charge in [0.1, 0.15) is 5.82 Å². The number of carbonyl (C=O) groups is 2. The molecule has 1 rings (SSSR count). The Kier molecular flexibility index (Phi) is 5.75. The number of benzene rings is 1. The van der Waals surface area contributed by atoms with E-state index >= 15 is 0 Å². The summed E-state index contributed by atoms with van der Waals surface area (Å²) in [7, 11) is 1.51. The summed E-state index contributed by atoms with van der Waals surface area (Å²) >= 11 is 3.20. The smallest absolute Gasteiger partial charge is 0.317 e. The molecule has 7 heteroatoms. The van der Waals surface area contributed by atoms with Crippen molar-refractivity contribution >= 4 is 27.9 Å². The number of nitrogens with zero attached hydrogens (tertiary/aromatic N) is 1. The Morgan fingerprint density at radius 2 is 2.16 bits per heavy atom. The van der Waals surface area contributed by atoms with Crippen molar-refractivity contribution < 1.29 is 19.1 Å². The maximum Gasteiger partial charge on any atom is 0.317 e. The third-order valence-corrected chi connectivity index (χ3v) is 3.19. The number of nitrogens with one attached hydrogen (secondary N) is 1. The molecule has 0 aliphatic heterocycles. The van der Waals surface area contributed by atoms with Crippen LogP contribution in [-0.4, -0.2) is 35.6 Å². The van der Waals surface area contributed by atoms with Crippen LogP contribution >= 0.6 is 15.9 Å². The van der Waals surface area contributed by atoms with Gasteiger partial charge in [-0.2, -0.15) is 0 Å². The average molecular weight is 333 g/mol. The van der Waals surface area contributed by atoms with Gasteiger partial charge < -0.3 is 15.3 Å². The second kappa shape index (κ2) is 7.08. The van der Waals surface area contributed by atoms with Gasteiger partial charge in [-0.05, 0) is 17.7 Å². The van der Waals surface area contributed by atoms with Crippen LogP contribution in [0.25, 0.3) is 0 Å². The van der Waals surface area contributed by atoms with E-state index in [1.807, 2.05) is 0 Å². The molecular formula is C12H14BrFN2O3. The lowest BCUT2D eigenvalue weighted by molar-refractivity contribution is -0.137. The van der Waals surface area contributed by atoms with Crippen LogP contribution in [-0.2, 0) is 11.3 Å². The van der Waals surface area contributed by atoms with E-state index in [1.54, 1.807) is 6.07 Å². The number of aliphatic carboxylic acids is 1. The molecule has 1 aromatic rings. The molecule has 0 radical (unpaired) electrons. The number of rotatable bonds is 5. The molecule has 0 bridgehead atoms. The van der Waals surface area contributed by atoms with E-state index in [-0.39, 0.29) is 31.4 Å². The van der Waals surface area contributed by atoms with Gasteiger partial charge in [0.2, 0.25) is 0 Å². The third kappa shape index (κ3) is 5.25. The first kappa shape index (κ1) is 15.4. The first-order valence-electron chi connectivity index (χ1n) is 5.55. The van der Waals surface area contributed by atoms with Crippen LogP contribution in [0.2, 0.25) is 0 Å². The number of carbonyl (C=O) groups excluding carboxylic acids is 1. The van der Waals surface area contributed by atoms with E-state index in [0.29, 0.717) is 4.47 Å². The summed E-state index contributed by atoms with van der Waals surface area (Å²) in [6.45, 7) is 0.364. The van der Waals surface area contributed by atoms with E-state index in [2.05, 4.69) is 21.2 Å². The fraction of sp³-hybridized carbons (Fsp3) is 0.333. The second-order valence-electron chi connectivity index (χ2n) is 3.96. The van der Waals surface area contributed by atoms with Crippen LogP contribution in [0.3, 0.4) is 0 Å². The van der Waals surface area contributed by atoms with Gasteiger partial charge in [0.15, 0.2) is 0 Å². The Bertz CT molecular complexity index is 482. The topological polar surface area (TPSA) is 69.6 Å². The predicted octanol–water partition coefficient (Wildman–Crippen LogP) is 2.20. The van der Waals surface area contributed by atoms with Crippen molar-refractivity contribution in [2.24, 2.45) is 0 Å². The number of hydrogen-bond donors (Lipinski definition) is 2. The fourth-order valence-electron chi connectivity index (χ4n) is 1.34. The normalized spacial score (nSPS) is 10.1. The van der Waals surface area contributed by atoms with Crippen molar-refractivity contribution in [1.82, 2.24) is 10.2 Å². The summed E-state index contributed by atoms with van der Waals surface area (Å²) < 4.78 is 13.4. The van der Waals surface area contributed by atoms with E-state index in [9.17, 15) is 14.0 Å². The summed E-state index contributed by atoms with van der Waals surface area (Å²) in [6, 6.07) is 3.81. The van der Waals surface area contributed by atoms with Gasteiger partial charge in [-0.25, -0.2) is 9.18 Å². The zero-order chi connectivity index (χ0) is 14.4. The molecule has 0 saturated carbocycles. The van der Waals surface area contributed by atoms with Crippen LogP contribution in [0, 0.1) is 5.82 Å². The zero-order valence-corrected chi connectivity index (χ0v) is 11.9. The van der Waals surface area contributed by atoms with E-state index in [4.69, 9.17) is 5.11 Å². The van der Waals surface area contributed by atoms with Gasteiger partial charge in [-0.3, -0.25) is 4.79 Å². The average Bonchev–Trinajstić information content (AvgIpc) is 2.34. The number of hydrogen-bond acceptors (Lipinski definition) is 2. The molecule has 1 aromatic carbocycles. The third-order valence-electron chi connectivity index (χ3n) is 2.45. The first-order valence-corrected chi connectivity index (χ1v) is 6.34. The molecule has 0 spiro atoms. The van der Waals surface area contributed by atoms with Crippen molar-refractivity contribution in [2.75, 3.05) is 13.6 Å². The van der Waals surface area contributed by atoms with Gasteiger partial charge in [-0.1, -0.05) is 22.0 Å². The Hall–Kier alpha value is -1.63. The van der Waals surface area contributed by atoms with E-state index < -0.39 is 5.97 Å². The Balaban J connectivity index is 2.47. The predicted molar refractivity (Wildman–Crippen MR) is 71.2 cm³/mol. The van der Waals surface area contributed by atoms with Gasteiger partial charge in [-0.15, -0.1) is 0 Å². The maximum atomic E-state index is 12.9. The highest BCUT2D eigenvalue weighted by atomic mass is 79.9. The van der Waals surface area contributed by atoms with Gasteiger partial charge in [0.25, 0.3) is 0 Å². The Labute approximate surface area is 118 Å². The molecule has 0 aliphatic rings. The van der Waals surface area contributed by atoms with E-state index in [1.165, 1.54) is 24.1 Å². The van der Waals surface area contributed by atoms with Crippen molar-refractivity contribution in [2.45, 2.75) is 13.0 Å². The van der Waals surface area contributed by atoms with Crippen molar-refractivity contribution in [1.29, 1.82) is 0 Å². The summed E-state index contributed by atoms with van der Waals surface area (Å²) in [5, 5.41) is 11.1. The van der Waals surface area contributed by atoms with Gasteiger partial charge in [0, 0.05) is 24.6 Å². The second-order valence-corrected chi connectivity index (χ2v) is 4.81. The van der Waals surface area contributed by atoms with Crippen LogP contribution < -0.4 is 5.32 Å². The lowest BCUT2D eigenvalue weighted by Crippen LogP contribution is -2.38. The van der Waals surface area contributed by atoms with Crippen molar-refractivity contribution in [3.63, 3.8) is 0 Å². The molecule has 0 aliphatic carbocycles. The molecule has 19 heavy (non-hydrogen) atoms. The minimum Gasteiger partial charge on any atom is -0.481 e. The highest BCUT2D eigenvalue weighted by Crippen LogP contribution is 2.17. The number of carboxylic acid groups (broad SMARTS) is 1. The highest BCUT2D eigenvalue weighted by molar-refractivity contribution is 9.10. The molecule has 104 valence electrons. The number of amides is 2. The summed E-state index contributed by atoms with van der Waals surface area (Å²) in [4.78, 5) is 23.3. The Morgan fingerprint density at radius 3 is 2.74 bits per heavy atom. The molecule has 0 atom stereocenters. The molecule has 0 aromatic heterocycles. The van der Waals surface area contributed by atoms with Crippen LogP contribution in [0.4, 0.5) is 9.18 Å². The lowest BCUT2D eigenvalue weighted by Gasteiger charge is -2.17. The van der Waals surface area contributed by atoms with Crippen LogP contribution in [0.15, 0.2) is 22.7 Å². The lowest BCUT2D eigenvalue weighted by atomic mass is 10.2. The number of urea groups is 1. The summed E-state index contributed by atoms with van der Waals surface area (Å²) in [5.41, 5.74) is 0.737. The van der Waals surface area contributed by atoms with Crippen LogP contribution in [0.5, 0.6) is 0 Å². The van der Waals surface area contributed by atoms with Crippen LogP contribution in [0.1, 0.15) is 12.0 Å². The summed E-state index contributed by atoms with van der Waals surface area (Å²) in [6.07, 6.45) is -0.107. The fourth-order valence-corrected chi connectivity index (χ4v) is 1.83. The monoisotopic (exact) mass is 332 g/mol. The maximum absolute atomic E-state index is 12.9. The Morgan fingerprint density at radius 1 is 1.47 bits per heavy atom. The molecule has 0 heterocycles. The van der Waals surface area contributed by atoms with E-state index in [0.717, 1.165) is 5.56 Å². The molecule has 2 N–H and O–H groups in total. The summed E-state index contributed by atoms with van der Waals surface area (Å²) in [5.74, 6) is -1.32. The highest BCUT2D eigenvalue weighted by Gasteiger charge is 2.10. The molecule has 0 fully saturated rings. The molecular weight excluding hydrogens is 319 g/mol. The van der Waals surface area contributed by atoms with Crippen molar-refractivity contribution in [3.05, 3.63) is 34.1 Å². The molecule has 5 nitrogen and oxygen atoms in total. The zero-order valence-electron chi connectivity index (χ0n) is 10.3. The molecule has 0 saturated heterocycles. The number of carboxylic acids is 1. The van der Waals surface area contributed by atoms with Crippen molar-refractivity contribution in [3.8, 4) is 0 Å². The first-order chi connectivity index (χ1) is 8.90. The molecule has 0 unspecified atom stereocenters. The number of halogens is 2. The minimum atomic E-state index is -0.957. The quantitative estimate of drug-likeness (QED) is 0.868. The largest absolute Gasteiger partial charge is 0.481 e. The minimum absolute atomic E-state index is 0.107. The SMILES string of the molecule is CN(CCC(=O)O)C(=O)NCc1ccc(F)cc1Br.